The molecular formula is C23H21BrN2O4. The minimum Gasteiger partial charge on any atom is -0.497 e. The van der Waals surface area contributed by atoms with Gasteiger partial charge in [0.25, 0.3) is 5.91 Å². The highest BCUT2D eigenvalue weighted by Gasteiger charge is 2.09. The van der Waals surface area contributed by atoms with E-state index in [1.165, 1.54) is 14.2 Å². The fraction of sp³-hybridized carbons (Fsp3) is 0.130. The van der Waals surface area contributed by atoms with Gasteiger partial charge in [-0.15, -0.1) is 0 Å². The molecule has 1 amide bonds. The molecule has 0 aliphatic heterocycles. The molecule has 1 N–H and O–H groups in total. The van der Waals surface area contributed by atoms with Crippen LogP contribution in [0.15, 0.2) is 76.3 Å². The third-order valence-corrected chi connectivity index (χ3v) is 4.81. The number of hydrogen-bond donors (Lipinski definition) is 1. The Morgan fingerprint density at radius 3 is 2.33 bits per heavy atom. The molecule has 0 heterocycles. The zero-order valence-corrected chi connectivity index (χ0v) is 18.2. The summed E-state index contributed by atoms with van der Waals surface area (Å²) in [6.07, 6.45) is 1.56. The van der Waals surface area contributed by atoms with Crippen molar-refractivity contribution in [3.63, 3.8) is 0 Å². The fourth-order valence-electron chi connectivity index (χ4n) is 2.62. The number of hydrogen-bond acceptors (Lipinski definition) is 5. The standard InChI is InChI=1S/C23H21BrN2O4/c1-28-19-11-18(12-20(13-19)29-2)23(27)26-25-14-17-8-9-22(21(24)10-17)30-15-16-6-4-3-5-7-16/h3-14H,15H2,1-2H3,(H,26,27). The first kappa shape index (κ1) is 21.4. The molecule has 0 aliphatic carbocycles. The first-order valence-electron chi connectivity index (χ1n) is 9.12. The van der Waals surface area contributed by atoms with E-state index in [0.717, 1.165) is 21.3 Å². The average Bonchev–Trinajstić information content (AvgIpc) is 2.78. The van der Waals surface area contributed by atoms with E-state index in [2.05, 4.69) is 26.5 Å². The second-order valence-electron chi connectivity index (χ2n) is 6.26. The summed E-state index contributed by atoms with van der Waals surface area (Å²) in [7, 11) is 3.05. The first-order valence-corrected chi connectivity index (χ1v) is 9.91. The molecule has 0 aromatic heterocycles. The SMILES string of the molecule is COc1cc(OC)cc(C(=O)NN=Cc2ccc(OCc3ccccc3)c(Br)c2)c1. The van der Waals surface area contributed by atoms with E-state index < -0.39 is 0 Å². The van der Waals surface area contributed by atoms with Gasteiger partial charge in [-0.25, -0.2) is 5.43 Å². The van der Waals surface area contributed by atoms with E-state index in [1.807, 2.05) is 48.5 Å². The van der Waals surface area contributed by atoms with Crippen LogP contribution in [0.5, 0.6) is 17.2 Å². The lowest BCUT2D eigenvalue weighted by atomic mass is 10.2. The number of nitrogens with one attached hydrogen (secondary N) is 1. The quantitative estimate of drug-likeness (QED) is 0.380. The van der Waals surface area contributed by atoms with Gasteiger partial charge in [0, 0.05) is 11.6 Å². The van der Waals surface area contributed by atoms with Crippen molar-refractivity contribution in [1.82, 2.24) is 5.43 Å². The van der Waals surface area contributed by atoms with Gasteiger partial charge in [0.1, 0.15) is 23.9 Å². The van der Waals surface area contributed by atoms with E-state index >= 15 is 0 Å². The van der Waals surface area contributed by atoms with Gasteiger partial charge in [-0.3, -0.25) is 4.79 Å². The van der Waals surface area contributed by atoms with Gasteiger partial charge in [-0.1, -0.05) is 30.3 Å². The van der Waals surface area contributed by atoms with Gasteiger partial charge in [0.2, 0.25) is 0 Å². The summed E-state index contributed by atoms with van der Waals surface area (Å²) in [4.78, 5) is 12.3. The molecule has 0 fully saturated rings. The Bertz CT molecular complexity index is 1020. The van der Waals surface area contributed by atoms with Crippen LogP contribution in [0.2, 0.25) is 0 Å². The van der Waals surface area contributed by atoms with Crippen molar-refractivity contribution >= 4 is 28.1 Å². The number of amides is 1. The summed E-state index contributed by atoms with van der Waals surface area (Å²) >= 11 is 3.51. The van der Waals surface area contributed by atoms with Crippen LogP contribution in [0, 0.1) is 0 Å². The Morgan fingerprint density at radius 1 is 1.00 bits per heavy atom. The van der Waals surface area contributed by atoms with Crippen molar-refractivity contribution < 1.29 is 19.0 Å². The number of benzene rings is 3. The molecule has 0 bridgehead atoms. The van der Waals surface area contributed by atoms with Crippen molar-refractivity contribution in [2.45, 2.75) is 6.61 Å². The minimum absolute atomic E-state index is 0.370. The zero-order chi connectivity index (χ0) is 21.3. The molecule has 154 valence electrons. The summed E-state index contributed by atoms with van der Waals surface area (Å²) in [5, 5.41) is 4.03. The molecule has 6 nitrogen and oxygen atoms in total. The highest BCUT2D eigenvalue weighted by molar-refractivity contribution is 9.10. The second kappa shape index (κ2) is 10.5. The number of carbonyl (C=O) groups is 1. The van der Waals surface area contributed by atoms with Crippen molar-refractivity contribution in [1.29, 1.82) is 0 Å². The third-order valence-electron chi connectivity index (χ3n) is 4.19. The molecule has 0 aliphatic rings. The molecule has 0 radical (unpaired) electrons. The number of nitrogens with zero attached hydrogens (tertiary/aromatic N) is 1. The van der Waals surface area contributed by atoms with Crippen molar-refractivity contribution in [2.24, 2.45) is 5.10 Å². The molecule has 0 atom stereocenters. The van der Waals surface area contributed by atoms with Gasteiger partial charge < -0.3 is 14.2 Å². The van der Waals surface area contributed by atoms with Crippen LogP contribution in [0.4, 0.5) is 0 Å². The average molecular weight is 469 g/mol. The Kier molecular flexibility index (Phi) is 7.45. The number of rotatable bonds is 8. The van der Waals surface area contributed by atoms with E-state index in [1.54, 1.807) is 24.4 Å². The fourth-order valence-corrected chi connectivity index (χ4v) is 3.13. The Balaban J connectivity index is 1.61. The molecule has 30 heavy (non-hydrogen) atoms. The predicted octanol–water partition coefficient (Wildman–Crippen LogP) is 4.81. The largest absolute Gasteiger partial charge is 0.497 e. The highest BCUT2D eigenvalue weighted by Crippen LogP contribution is 2.26. The lowest BCUT2D eigenvalue weighted by Gasteiger charge is -2.09. The monoisotopic (exact) mass is 468 g/mol. The lowest BCUT2D eigenvalue weighted by molar-refractivity contribution is 0.0954. The molecule has 0 saturated carbocycles. The van der Waals surface area contributed by atoms with Crippen molar-refractivity contribution in [3.05, 3.63) is 87.9 Å². The maximum Gasteiger partial charge on any atom is 0.271 e. The molecule has 7 heteroatoms. The molecule has 3 aromatic rings. The van der Waals surface area contributed by atoms with E-state index in [9.17, 15) is 4.79 Å². The van der Waals surface area contributed by atoms with E-state index in [0.29, 0.717) is 23.7 Å². The minimum atomic E-state index is -0.370. The van der Waals surface area contributed by atoms with E-state index in [-0.39, 0.29) is 5.91 Å². The highest BCUT2D eigenvalue weighted by atomic mass is 79.9. The van der Waals surface area contributed by atoms with Gasteiger partial charge in [-0.2, -0.15) is 5.10 Å². The maximum atomic E-state index is 12.3. The number of methoxy groups -OCH3 is 2. The van der Waals surface area contributed by atoms with Crippen molar-refractivity contribution in [3.8, 4) is 17.2 Å². The smallest absolute Gasteiger partial charge is 0.271 e. The van der Waals surface area contributed by atoms with Crippen LogP contribution in [0.25, 0.3) is 0 Å². The summed E-state index contributed by atoms with van der Waals surface area (Å²) in [5.41, 5.74) is 4.78. The summed E-state index contributed by atoms with van der Waals surface area (Å²) < 4.78 is 17.0. The summed E-state index contributed by atoms with van der Waals surface area (Å²) in [6, 6.07) is 20.4. The Hall–Kier alpha value is -3.32. The van der Waals surface area contributed by atoms with Crippen LogP contribution in [0.1, 0.15) is 21.5 Å². The number of carbonyl (C=O) groups excluding carboxylic acids is 1. The molecule has 0 unspecified atom stereocenters. The molecule has 0 spiro atoms. The third kappa shape index (κ3) is 5.84. The normalized spacial score (nSPS) is 10.6. The molecule has 0 saturated heterocycles. The maximum absolute atomic E-state index is 12.3. The predicted molar refractivity (Wildman–Crippen MR) is 120 cm³/mol. The molecular weight excluding hydrogens is 448 g/mol. The van der Waals surface area contributed by atoms with Crippen LogP contribution in [-0.4, -0.2) is 26.3 Å². The van der Waals surface area contributed by atoms with Gasteiger partial charge in [0.05, 0.1) is 24.9 Å². The summed E-state index contributed by atoms with van der Waals surface area (Å²) in [6.45, 7) is 0.479. The van der Waals surface area contributed by atoms with E-state index in [4.69, 9.17) is 14.2 Å². The topological polar surface area (TPSA) is 69.2 Å². The zero-order valence-electron chi connectivity index (χ0n) is 16.6. The Labute approximate surface area is 183 Å². The lowest BCUT2D eigenvalue weighted by Crippen LogP contribution is -2.17. The van der Waals surface area contributed by atoms with Crippen LogP contribution in [0.3, 0.4) is 0 Å². The molecule has 3 rings (SSSR count). The van der Waals surface area contributed by atoms with Gasteiger partial charge in [-0.05, 0) is 57.4 Å². The van der Waals surface area contributed by atoms with Crippen LogP contribution >= 0.6 is 15.9 Å². The van der Waals surface area contributed by atoms with Gasteiger partial charge in [0.15, 0.2) is 0 Å². The number of hydrazone groups is 1. The van der Waals surface area contributed by atoms with Gasteiger partial charge >= 0.3 is 0 Å². The summed E-state index contributed by atoms with van der Waals surface area (Å²) in [5.74, 6) is 1.41. The second-order valence-corrected chi connectivity index (χ2v) is 7.12. The Morgan fingerprint density at radius 2 is 1.70 bits per heavy atom. The first-order chi connectivity index (χ1) is 14.6. The van der Waals surface area contributed by atoms with Crippen LogP contribution in [-0.2, 0) is 6.61 Å². The van der Waals surface area contributed by atoms with Crippen LogP contribution < -0.4 is 19.6 Å². The number of ether oxygens (including phenoxy) is 3. The molecule has 3 aromatic carbocycles. The number of halogens is 1. The van der Waals surface area contributed by atoms with Crippen molar-refractivity contribution in [2.75, 3.05) is 14.2 Å².